The Morgan fingerprint density at radius 3 is 2.55 bits per heavy atom. The summed E-state index contributed by atoms with van der Waals surface area (Å²) < 4.78 is 27.3. The summed E-state index contributed by atoms with van der Waals surface area (Å²) in [5.41, 5.74) is 0.493. The SMILES string of the molecule is Cc1cccnc1CNc1c(F)cc([N+](=O)[O-])cc1F. The van der Waals surface area contributed by atoms with Crippen molar-refractivity contribution in [1.82, 2.24) is 4.98 Å². The molecule has 20 heavy (non-hydrogen) atoms. The summed E-state index contributed by atoms with van der Waals surface area (Å²) in [6, 6.07) is 4.94. The molecule has 0 unspecified atom stereocenters. The van der Waals surface area contributed by atoms with Crippen molar-refractivity contribution in [2.75, 3.05) is 5.32 Å². The van der Waals surface area contributed by atoms with Gasteiger partial charge < -0.3 is 5.32 Å². The molecule has 0 saturated carbocycles. The van der Waals surface area contributed by atoms with Crippen LogP contribution in [-0.4, -0.2) is 9.91 Å². The van der Waals surface area contributed by atoms with Crippen molar-refractivity contribution < 1.29 is 13.7 Å². The van der Waals surface area contributed by atoms with Crippen molar-refractivity contribution in [3.05, 3.63) is 63.5 Å². The van der Waals surface area contributed by atoms with Crippen molar-refractivity contribution in [3.8, 4) is 0 Å². The fourth-order valence-corrected chi connectivity index (χ4v) is 1.71. The van der Waals surface area contributed by atoms with Gasteiger partial charge in [0, 0.05) is 6.20 Å². The Morgan fingerprint density at radius 1 is 1.35 bits per heavy atom. The lowest BCUT2D eigenvalue weighted by molar-refractivity contribution is -0.385. The highest BCUT2D eigenvalue weighted by molar-refractivity contribution is 5.51. The van der Waals surface area contributed by atoms with Crippen molar-refractivity contribution in [3.63, 3.8) is 0 Å². The minimum atomic E-state index is -1.01. The van der Waals surface area contributed by atoms with Crippen LogP contribution in [0.1, 0.15) is 11.3 Å². The Kier molecular flexibility index (Phi) is 3.88. The molecule has 1 aromatic heterocycles. The number of hydrogen-bond acceptors (Lipinski definition) is 4. The summed E-state index contributed by atoms with van der Waals surface area (Å²) in [6.07, 6.45) is 1.58. The molecule has 2 aromatic rings. The van der Waals surface area contributed by atoms with E-state index in [0.29, 0.717) is 17.8 Å². The number of aryl methyl sites for hydroxylation is 1. The van der Waals surface area contributed by atoms with Crippen LogP contribution in [-0.2, 0) is 6.54 Å². The predicted molar refractivity (Wildman–Crippen MR) is 69.3 cm³/mol. The van der Waals surface area contributed by atoms with E-state index in [1.165, 1.54) is 0 Å². The van der Waals surface area contributed by atoms with Gasteiger partial charge in [-0.1, -0.05) is 6.07 Å². The summed E-state index contributed by atoms with van der Waals surface area (Å²) in [7, 11) is 0. The molecule has 5 nitrogen and oxygen atoms in total. The van der Waals surface area contributed by atoms with Crippen molar-refractivity contribution in [2.24, 2.45) is 0 Å². The number of pyridine rings is 1. The van der Waals surface area contributed by atoms with Gasteiger partial charge in [0.05, 0.1) is 29.3 Å². The Hall–Kier alpha value is -2.57. The van der Waals surface area contributed by atoms with Crippen LogP contribution in [0.25, 0.3) is 0 Å². The van der Waals surface area contributed by atoms with Crippen LogP contribution in [0.4, 0.5) is 20.2 Å². The van der Waals surface area contributed by atoms with E-state index in [-0.39, 0.29) is 6.54 Å². The lowest BCUT2D eigenvalue weighted by Crippen LogP contribution is -2.07. The average Bonchev–Trinajstić information content (AvgIpc) is 2.39. The summed E-state index contributed by atoms with van der Waals surface area (Å²) in [5, 5.41) is 13.1. The van der Waals surface area contributed by atoms with E-state index < -0.39 is 27.9 Å². The molecule has 0 aliphatic heterocycles. The Bertz CT molecular complexity index is 639. The summed E-state index contributed by atoms with van der Waals surface area (Å²) in [5.74, 6) is -2.02. The van der Waals surface area contributed by atoms with E-state index in [4.69, 9.17) is 0 Å². The van der Waals surface area contributed by atoms with Gasteiger partial charge in [0.25, 0.3) is 5.69 Å². The number of aromatic nitrogens is 1. The molecule has 1 aromatic carbocycles. The average molecular weight is 279 g/mol. The predicted octanol–water partition coefficient (Wildman–Crippen LogP) is 3.19. The molecule has 0 amide bonds. The highest BCUT2D eigenvalue weighted by Gasteiger charge is 2.17. The van der Waals surface area contributed by atoms with Gasteiger partial charge in [-0.3, -0.25) is 15.1 Å². The third-order valence-electron chi connectivity index (χ3n) is 2.79. The largest absolute Gasteiger partial charge is 0.375 e. The molecule has 0 aliphatic carbocycles. The van der Waals surface area contributed by atoms with Gasteiger partial charge in [-0.2, -0.15) is 0 Å². The van der Waals surface area contributed by atoms with Gasteiger partial charge in [-0.05, 0) is 18.6 Å². The van der Waals surface area contributed by atoms with Crippen molar-refractivity contribution in [1.29, 1.82) is 0 Å². The number of benzene rings is 1. The molecule has 1 N–H and O–H groups in total. The van der Waals surface area contributed by atoms with E-state index >= 15 is 0 Å². The molecule has 2 rings (SSSR count). The first-order valence-electron chi connectivity index (χ1n) is 5.77. The Morgan fingerprint density at radius 2 is 2.00 bits per heavy atom. The van der Waals surface area contributed by atoms with E-state index in [0.717, 1.165) is 5.56 Å². The molecule has 104 valence electrons. The van der Waals surface area contributed by atoms with Crippen molar-refractivity contribution in [2.45, 2.75) is 13.5 Å². The van der Waals surface area contributed by atoms with Crippen LogP contribution in [0.15, 0.2) is 30.5 Å². The number of nitro groups is 1. The quantitative estimate of drug-likeness (QED) is 0.689. The van der Waals surface area contributed by atoms with E-state index in [9.17, 15) is 18.9 Å². The maximum absolute atomic E-state index is 13.6. The fourth-order valence-electron chi connectivity index (χ4n) is 1.71. The summed E-state index contributed by atoms with van der Waals surface area (Å²) >= 11 is 0. The minimum Gasteiger partial charge on any atom is -0.375 e. The molecular formula is C13H11F2N3O2. The number of nitrogens with one attached hydrogen (secondary N) is 1. The first-order valence-corrected chi connectivity index (χ1v) is 5.77. The highest BCUT2D eigenvalue weighted by Crippen LogP contribution is 2.25. The zero-order valence-electron chi connectivity index (χ0n) is 10.6. The third-order valence-corrected chi connectivity index (χ3v) is 2.79. The van der Waals surface area contributed by atoms with Crippen LogP contribution in [0.5, 0.6) is 0 Å². The number of nitrogens with zero attached hydrogens (tertiary/aromatic N) is 2. The zero-order chi connectivity index (χ0) is 14.7. The van der Waals surface area contributed by atoms with Gasteiger partial charge >= 0.3 is 0 Å². The van der Waals surface area contributed by atoms with Gasteiger partial charge in [0.1, 0.15) is 5.69 Å². The summed E-state index contributed by atoms with van der Waals surface area (Å²) in [6.45, 7) is 1.95. The van der Waals surface area contributed by atoms with Crippen LogP contribution in [0.3, 0.4) is 0 Å². The number of rotatable bonds is 4. The lowest BCUT2D eigenvalue weighted by atomic mass is 10.2. The van der Waals surface area contributed by atoms with Crippen LogP contribution in [0.2, 0.25) is 0 Å². The third kappa shape index (κ3) is 2.87. The second-order valence-corrected chi connectivity index (χ2v) is 4.16. The lowest BCUT2D eigenvalue weighted by Gasteiger charge is -2.09. The number of anilines is 1. The monoisotopic (exact) mass is 279 g/mol. The Balaban J connectivity index is 2.22. The van der Waals surface area contributed by atoms with E-state index in [2.05, 4.69) is 10.3 Å². The maximum atomic E-state index is 13.6. The van der Waals surface area contributed by atoms with Crippen LogP contribution in [0, 0.1) is 28.7 Å². The zero-order valence-corrected chi connectivity index (χ0v) is 10.6. The molecule has 0 fully saturated rings. The minimum absolute atomic E-state index is 0.123. The maximum Gasteiger partial charge on any atom is 0.275 e. The molecule has 0 saturated heterocycles. The molecule has 0 aliphatic rings. The second-order valence-electron chi connectivity index (χ2n) is 4.16. The molecular weight excluding hydrogens is 268 g/mol. The van der Waals surface area contributed by atoms with Gasteiger partial charge in [0.15, 0.2) is 11.6 Å². The van der Waals surface area contributed by atoms with E-state index in [1.807, 2.05) is 13.0 Å². The van der Waals surface area contributed by atoms with Gasteiger partial charge in [-0.15, -0.1) is 0 Å². The molecule has 1 heterocycles. The molecule has 0 radical (unpaired) electrons. The first kappa shape index (κ1) is 13.9. The number of hydrogen-bond donors (Lipinski definition) is 1. The number of halogens is 2. The summed E-state index contributed by atoms with van der Waals surface area (Å²) in [4.78, 5) is 13.7. The van der Waals surface area contributed by atoms with Crippen molar-refractivity contribution >= 4 is 11.4 Å². The van der Waals surface area contributed by atoms with E-state index in [1.54, 1.807) is 12.3 Å². The van der Waals surface area contributed by atoms with Crippen LogP contribution < -0.4 is 5.32 Å². The topological polar surface area (TPSA) is 68.1 Å². The molecule has 7 heteroatoms. The normalized spacial score (nSPS) is 10.3. The number of nitro benzene ring substituents is 1. The fraction of sp³-hybridized carbons (Fsp3) is 0.154. The van der Waals surface area contributed by atoms with Gasteiger partial charge in [0.2, 0.25) is 0 Å². The molecule has 0 spiro atoms. The van der Waals surface area contributed by atoms with Crippen LogP contribution >= 0.6 is 0 Å². The molecule has 0 atom stereocenters. The number of non-ortho nitro benzene ring substituents is 1. The standard InChI is InChI=1S/C13H11F2N3O2/c1-8-3-2-4-16-12(8)7-17-13-10(14)5-9(18(19)20)6-11(13)15/h2-6,17H,7H2,1H3. The molecule has 0 bridgehead atoms. The van der Waals surface area contributed by atoms with Gasteiger partial charge in [-0.25, -0.2) is 8.78 Å². The highest BCUT2D eigenvalue weighted by atomic mass is 19.1. The first-order chi connectivity index (χ1) is 9.49. The Labute approximate surface area is 113 Å². The smallest absolute Gasteiger partial charge is 0.275 e. The second kappa shape index (κ2) is 5.60.